The van der Waals surface area contributed by atoms with Crippen molar-refractivity contribution in [1.82, 2.24) is 5.32 Å². The van der Waals surface area contributed by atoms with Gasteiger partial charge in [-0.15, -0.1) is 0 Å². The predicted octanol–water partition coefficient (Wildman–Crippen LogP) is 3.36. The maximum Gasteiger partial charge on any atom is 0.407 e. The first-order valence-corrected chi connectivity index (χ1v) is 6.00. The molecular formula is C13H18ClNO2. The summed E-state index contributed by atoms with van der Waals surface area (Å²) < 4.78 is 4.82. The topological polar surface area (TPSA) is 38.3 Å². The van der Waals surface area contributed by atoms with E-state index in [1.807, 2.05) is 38.1 Å². The number of halogens is 1. The molecule has 0 saturated carbocycles. The lowest BCUT2D eigenvalue weighted by molar-refractivity contribution is 0.150. The van der Waals surface area contributed by atoms with Crippen LogP contribution >= 0.6 is 11.6 Å². The summed E-state index contributed by atoms with van der Waals surface area (Å²) >= 11 is 5.95. The number of alkyl carbamates (subject to hydrolysis) is 1. The summed E-state index contributed by atoms with van der Waals surface area (Å²) in [7, 11) is 0. The molecule has 0 bridgehead atoms. The Balaban J connectivity index is 2.65. The Morgan fingerprint density at radius 3 is 2.76 bits per heavy atom. The van der Waals surface area contributed by atoms with Crippen LogP contribution in [0, 0.1) is 0 Å². The molecule has 0 atom stereocenters. The fourth-order valence-electron chi connectivity index (χ4n) is 1.49. The number of amides is 1. The molecule has 0 aliphatic heterocycles. The summed E-state index contributed by atoms with van der Waals surface area (Å²) in [6, 6.07) is 7.65. The molecule has 0 unspecified atom stereocenters. The van der Waals surface area contributed by atoms with E-state index in [4.69, 9.17) is 16.3 Å². The average molecular weight is 256 g/mol. The average Bonchev–Trinajstić information content (AvgIpc) is 2.27. The van der Waals surface area contributed by atoms with E-state index in [-0.39, 0.29) is 11.5 Å². The van der Waals surface area contributed by atoms with Crippen molar-refractivity contribution in [3.05, 3.63) is 34.9 Å². The molecule has 0 aromatic heterocycles. The molecule has 94 valence electrons. The van der Waals surface area contributed by atoms with E-state index in [0.717, 1.165) is 5.56 Å². The number of rotatable bonds is 4. The Morgan fingerprint density at radius 1 is 1.47 bits per heavy atom. The van der Waals surface area contributed by atoms with Gasteiger partial charge in [0.05, 0.1) is 6.61 Å². The number of hydrogen-bond donors (Lipinski definition) is 1. The Bertz CT molecular complexity index is 391. The molecule has 1 rings (SSSR count). The van der Waals surface area contributed by atoms with E-state index in [2.05, 4.69) is 5.32 Å². The predicted molar refractivity (Wildman–Crippen MR) is 69.5 cm³/mol. The zero-order valence-corrected chi connectivity index (χ0v) is 11.2. The lowest BCUT2D eigenvalue weighted by atomic mass is 9.85. The Morgan fingerprint density at radius 2 is 2.18 bits per heavy atom. The molecule has 0 saturated heterocycles. The quantitative estimate of drug-likeness (QED) is 0.896. The van der Waals surface area contributed by atoms with Gasteiger partial charge >= 0.3 is 6.09 Å². The van der Waals surface area contributed by atoms with Gasteiger partial charge in [-0.25, -0.2) is 4.79 Å². The second-order valence-corrected chi connectivity index (χ2v) is 4.90. The van der Waals surface area contributed by atoms with E-state index >= 15 is 0 Å². The van der Waals surface area contributed by atoms with Crippen LogP contribution in [0.2, 0.25) is 5.02 Å². The third-order valence-electron chi connectivity index (χ3n) is 2.56. The number of carbonyl (C=O) groups is 1. The molecule has 0 aliphatic carbocycles. The summed E-state index contributed by atoms with van der Waals surface area (Å²) in [5, 5.41) is 3.44. The highest BCUT2D eigenvalue weighted by Crippen LogP contribution is 2.24. The van der Waals surface area contributed by atoms with E-state index in [1.54, 1.807) is 6.92 Å². The maximum atomic E-state index is 11.2. The summed E-state index contributed by atoms with van der Waals surface area (Å²) in [5.41, 5.74) is 0.902. The standard InChI is InChI=1S/C13H18ClNO2/c1-4-17-12(16)15-9-13(2,3)10-6-5-7-11(14)8-10/h5-8H,4,9H2,1-3H3,(H,15,16). The summed E-state index contributed by atoms with van der Waals surface area (Å²) in [6.07, 6.45) is -0.386. The molecule has 4 heteroatoms. The third kappa shape index (κ3) is 4.27. The van der Waals surface area contributed by atoms with Crippen LogP contribution in [0.1, 0.15) is 26.3 Å². The molecule has 0 fully saturated rings. The number of benzene rings is 1. The van der Waals surface area contributed by atoms with Gasteiger partial charge in [-0.2, -0.15) is 0 Å². The number of ether oxygens (including phenoxy) is 1. The molecular weight excluding hydrogens is 238 g/mol. The molecule has 1 aromatic carbocycles. The van der Waals surface area contributed by atoms with Gasteiger partial charge in [0.1, 0.15) is 0 Å². The minimum absolute atomic E-state index is 0.183. The van der Waals surface area contributed by atoms with Crippen molar-refractivity contribution >= 4 is 17.7 Å². The van der Waals surface area contributed by atoms with Crippen LogP contribution in [0.15, 0.2) is 24.3 Å². The van der Waals surface area contributed by atoms with Gasteiger partial charge in [0, 0.05) is 17.0 Å². The smallest absolute Gasteiger partial charge is 0.407 e. The lowest BCUT2D eigenvalue weighted by Gasteiger charge is -2.25. The molecule has 3 nitrogen and oxygen atoms in total. The van der Waals surface area contributed by atoms with Gasteiger partial charge < -0.3 is 10.1 Å². The van der Waals surface area contributed by atoms with Gasteiger partial charge in [-0.05, 0) is 24.6 Å². The molecule has 0 spiro atoms. The van der Waals surface area contributed by atoms with E-state index < -0.39 is 0 Å². The zero-order valence-electron chi connectivity index (χ0n) is 10.4. The van der Waals surface area contributed by atoms with Crippen LogP contribution in [-0.2, 0) is 10.2 Å². The fraction of sp³-hybridized carbons (Fsp3) is 0.462. The second-order valence-electron chi connectivity index (χ2n) is 4.47. The minimum Gasteiger partial charge on any atom is -0.450 e. The second kappa shape index (κ2) is 5.92. The van der Waals surface area contributed by atoms with Crippen LogP contribution < -0.4 is 5.32 Å². The van der Waals surface area contributed by atoms with Crippen molar-refractivity contribution < 1.29 is 9.53 Å². The zero-order chi connectivity index (χ0) is 12.9. The van der Waals surface area contributed by atoms with Gasteiger partial charge in [0.15, 0.2) is 0 Å². The number of carbonyl (C=O) groups excluding carboxylic acids is 1. The van der Waals surface area contributed by atoms with Crippen molar-refractivity contribution in [3.63, 3.8) is 0 Å². The van der Waals surface area contributed by atoms with Crippen molar-refractivity contribution in [3.8, 4) is 0 Å². The Kier molecular flexibility index (Phi) is 4.82. The van der Waals surface area contributed by atoms with Crippen molar-refractivity contribution in [2.45, 2.75) is 26.2 Å². The van der Waals surface area contributed by atoms with Crippen LogP contribution in [-0.4, -0.2) is 19.2 Å². The first-order valence-electron chi connectivity index (χ1n) is 5.62. The van der Waals surface area contributed by atoms with Gasteiger partial charge in [-0.1, -0.05) is 37.6 Å². The van der Waals surface area contributed by atoms with Crippen LogP contribution in [0.25, 0.3) is 0 Å². The van der Waals surface area contributed by atoms with Gasteiger partial charge in [0.25, 0.3) is 0 Å². The van der Waals surface area contributed by atoms with Crippen LogP contribution in [0.4, 0.5) is 4.79 Å². The van der Waals surface area contributed by atoms with Crippen molar-refractivity contribution in [2.24, 2.45) is 0 Å². The molecule has 0 aliphatic rings. The number of nitrogens with one attached hydrogen (secondary N) is 1. The third-order valence-corrected chi connectivity index (χ3v) is 2.79. The molecule has 0 radical (unpaired) electrons. The number of hydrogen-bond acceptors (Lipinski definition) is 2. The summed E-state index contributed by atoms with van der Waals surface area (Å²) in [6.45, 7) is 6.76. The maximum absolute atomic E-state index is 11.2. The molecule has 17 heavy (non-hydrogen) atoms. The minimum atomic E-state index is -0.386. The Labute approximate surface area is 107 Å². The largest absolute Gasteiger partial charge is 0.450 e. The highest BCUT2D eigenvalue weighted by Gasteiger charge is 2.21. The first-order chi connectivity index (χ1) is 7.95. The highest BCUT2D eigenvalue weighted by atomic mass is 35.5. The normalized spacial score (nSPS) is 11.1. The highest BCUT2D eigenvalue weighted by molar-refractivity contribution is 6.30. The van der Waals surface area contributed by atoms with E-state index in [0.29, 0.717) is 18.2 Å². The van der Waals surface area contributed by atoms with Crippen LogP contribution in [0.3, 0.4) is 0 Å². The fourth-order valence-corrected chi connectivity index (χ4v) is 1.68. The molecule has 1 N–H and O–H groups in total. The first kappa shape index (κ1) is 13.8. The summed E-state index contributed by atoms with van der Waals surface area (Å²) in [4.78, 5) is 11.2. The van der Waals surface area contributed by atoms with Gasteiger partial charge in [0.2, 0.25) is 0 Å². The monoisotopic (exact) mass is 255 g/mol. The Hall–Kier alpha value is -1.22. The molecule has 0 heterocycles. The van der Waals surface area contributed by atoms with Crippen LogP contribution in [0.5, 0.6) is 0 Å². The molecule has 1 aromatic rings. The van der Waals surface area contributed by atoms with E-state index in [9.17, 15) is 4.79 Å². The SMILES string of the molecule is CCOC(=O)NCC(C)(C)c1cccc(Cl)c1. The van der Waals surface area contributed by atoms with Crippen molar-refractivity contribution in [2.75, 3.05) is 13.2 Å². The van der Waals surface area contributed by atoms with E-state index in [1.165, 1.54) is 0 Å². The molecule has 1 amide bonds. The van der Waals surface area contributed by atoms with Crippen molar-refractivity contribution in [1.29, 1.82) is 0 Å². The lowest BCUT2D eigenvalue weighted by Crippen LogP contribution is -2.37. The van der Waals surface area contributed by atoms with Gasteiger partial charge in [-0.3, -0.25) is 0 Å². The summed E-state index contributed by atoms with van der Waals surface area (Å²) in [5.74, 6) is 0.